The molecule has 1 N–H and O–H groups in total. The van der Waals surface area contributed by atoms with Gasteiger partial charge < -0.3 is 10.1 Å². The number of benzene rings is 3. The summed E-state index contributed by atoms with van der Waals surface area (Å²) in [5.41, 5.74) is 6.38. The standard InChI is InChI=1S/C26H26N2O/c1-2-8-21(9-3-1)22-11-6-7-20(17-22)19-27-25-26(13-15-29-16-14-26)18-23-10-4-5-12-24(23)28-25/h1-12,17H,13-16,18-19H2,(H,27,28). The molecule has 0 radical (unpaired) electrons. The van der Waals surface area contributed by atoms with Crippen LogP contribution in [-0.2, 0) is 17.7 Å². The number of amidine groups is 1. The number of anilines is 1. The maximum atomic E-state index is 5.68. The van der Waals surface area contributed by atoms with Crippen LogP contribution in [0.3, 0.4) is 0 Å². The molecular formula is C26H26N2O. The van der Waals surface area contributed by atoms with Gasteiger partial charge in [0.15, 0.2) is 0 Å². The van der Waals surface area contributed by atoms with Crippen molar-refractivity contribution in [3.05, 3.63) is 90.0 Å². The van der Waals surface area contributed by atoms with Crippen LogP contribution in [0.15, 0.2) is 83.9 Å². The van der Waals surface area contributed by atoms with Crippen molar-refractivity contribution < 1.29 is 4.74 Å². The predicted octanol–water partition coefficient (Wildman–Crippen LogP) is 5.72. The molecule has 29 heavy (non-hydrogen) atoms. The molecule has 0 aromatic heterocycles. The van der Waals surface area contributed by atoms with Gasteiger partial charge in [-0.15, -0.1) is 0 Å². The van der Waals surface area contributed by atoms with E-state index in [0.29, 0.717) is 6.54 Å². The van der Waals surface area contributed by atoms with E-state index in [4.69, 9.17) is 9.73 Å². The van der Waals surface area contributed by atoms with Crippen molar-refractivity contribution in [3.8, 4) is 11.1 Å². The highest BCUT2D eigenvalue weighted by Gasteiger charge is 2.41. The van der Waals surface area contributed by atoms with Crippen LogP contribution in [0.25, 0.3) is 11.1 Å². The Morgan fingerprint density at radius 2 is 1.59 bits per heavy atom. The summed E-state index contributed by atoms with van der Waals surface area (Å²) in [4.78, 5) is 5.11. The number of aliphatic imine (C=N–C) groups is 1. The van der Waals surface area contributed by atoms with Gasteiger partial charge in [0, 0.05) is 24.3 Å². The summed E-state index contributed by atoms with van der Waals surface area (Å²) in [6, 6.07) is 27.9. The zero-order valence-corrected chi connectivity index (χ0v) is 16.6. The molecule has 1 fully saturated rings. The van der Waals surface area contributed by atoms with Crippen LogP contribution < -0.4 is 5.32 Å². The van der Waals surface area contributed by atoms with Crippen LogP contribution >= 0.6 is 0 Å². The number of fused-ring (bicyclic) bond motifs is 1. The Morgan fingerprint density at radius 3 is 2.45 bits per heavy atom. The molecule has 2 aliphatic rings. The smallest absolute Gasteiger partial charge is 0.108 e. The van der Waals surface area contributed by atoms with Gasteiger partial charge in [0.25, 0.3) is 0 Å². The summed E-state index contributed by atoms with van der Waals surface area (Å²) in [6.45, 7) is 2.31. The second-order valence-electron chi connectivity index (χ2n) is 8.08. The van der Waals surface area contributed by atoms with Crippen LogP contribution in [0.1, 0.15) is 24.0 Å². The normalized spacial score (nSPS) is 19.0. The minimum atomic E-state index is 0.0731. The van der Waals surface area contributed by atoms with Gasteiger partial charge in [-0.2, -0.15) is 0 Å². The zero-order valence-electron chi connectivity index (χ0n) is 16.6. The molecular weight excluding hydrogens is 356 g/mol. The number of nitrogens with one attached hydrogen (secondary N) is 1. The highest BCUT2D eigenvalue weighted by atomic mass is 16.5. The Hall–Kier alpha value is -2.91. The average Bonchev–Trinajstić information content (AvgIpc) is 2.79. The number of para-hydroxylation sites is 1. The second kappa shape index (κ2) is 7.84. The zero-order chi connectivity index (χ0) is 19.5. The third-order valence-corrected chi connectivity index (χ3v) is 6.21. The van der Waals surface area contributed by atoms with Gasteiger partial charge in [-0.05, 0) is 53.6 Å². The lowest BCUT2D eigenvalue weighted by molar-refractivity contribution is 0.0448. The van der Waals surface area contributed by atoms with Crippen molar-refractivity contribution in [3.63, 3.8) is 0 Å². The van der Waals surface area contributed by atoms with E-state index in [1.807, 2.05) is 0 Å². The van der Waals surface area contributed by atoms with E-state index in [9.17, 15) is 0 Å². The van der Waals surface area contributed by atoms with E-state index in [1.165, 1.54) is 27.9 Å². The fourth-order valence-electron chi connectivity index (χ4n) is 4.54. The van der Waals surface area contributed by atoms with Gasteiger partial charge in [0.2, 0.25) is 0 Å². The van der Waals surface area contributed by atoms with Crippen LogP contribution in [0, 0.1) is 5.41 Å². The van der Waals surface area contributed by atoms with Crippen molar-refractivity contribution in [1.29, 1.82) is 0 Å². The van der Waals surface area contributed by atoms with E-state index >= 15 is 0 Å². The fourth-order valence-corrected chi connectivity index (χ4v) is 4.54. The molecule has 0 unspecified atom stereocenters. The van der Waals surface area contributed by atoms with E-state index in [1.54, 1.807) is 0 Å². The maximum absolute atomic E-state index is 5.68. The highest BCUT2D eigenvalue weighted by molar-refractivity contribution is 6.02. The highest BCUT2D eigenvalue weighted by Crippen LogP contribution is 2.41. The van der Waals surface area contributed by atoms with Crippen molar-refractivity contribution in [2.45, 2.75) is 25.8 Å². The topological polar surface area (TPSA) is 33.6 Å². The van der Waals surface area contributed by atoms with E-state index in [0.717, 1.165) is 38.3 Å². The quantitative estimate of drug-likeness (QED) is 0.629. The molecule has 5 rings (SSSR count). The predicted molar refractivity (Wildman–Crippen MR) is 119 cm³/mol. The van der Waals surface area contributed by atoms with Crippen LogP contribution in [0.2, 0.25) is 0 Å². The van der Waals surface area contributed by atoms with Gasteiger partial charge in [-0.1, -0.05) is 66.7 Å². The largest absolute Gasteiger partial charge is 0.381 e. The molecule has 1 saturated heterocycles. The molecule has 1 spiro atoms. The molecule has 0 aliphatic carbocycles. The Morgan fingerprint density at radius 1 is 0.828 bits per heavy atom. The lowest BCUT2D eigenvalue weighted by Crippen LogP contribution is -2.45. The van der Waals surface area contributed by atoms with Gasteiger partial charge in [-0.3, -0.25) is 4.99 Å². The first-order valence-electron chi connectivity index (χ1n) is 10.4. The number of rotatable bonds is 3. The summed E-state index contributed by atoms with van der Waals surface area (Å²) < 4.78 is 5.68. The molecule has 3 nitrogen and oxygen atoms in total. The maximum Gasteiger partial charge on any atom is 0.108 e. The summed E-state index contributed by atoms with van der Waals surface area (Å²) in [5.74, 6) is 1.13. The Bertz CT molecular complexity index is 1020. The molecule has 3 heteroatoms. The molecule has 0 saturated carbocycles. The van der Waals surface area contributed by atoms with Crippen LogP contribution in [0.4, 0.5) is 5.69 Å². The Labute approximate surface area is 172 Å². The summed E-state index contributed by atoms with van der Waals surface area (Å²) in [6.07, 6.45) is 3.09. The monoisotopic (exact) mass is 382 g/mol. The minimum absolute atomic E-state index is 0.0731. The van der Waals surface area contributed by atoms with Crippen molar-refractivity contribution >= 4 is 11.5 Å². The average molecular weight is 383 g/mol. The van der Waals surface area contributed by atoms with Gasteiger partial charge in [0.1, 0.15) is 5.84 Å². The molecule has 2 aliphatic heterocycles. The van der Waals surface area contributed by atoms with Crippen molar-refractivity contribution in [2.75, 3.05) is 18.5 Å². The minimum Gasteiger partial charge on any atom is -0.381 e. The lowest BCUT2D eigenvalue weighted by atomic mass is 9.71. The number of nitrogens with zero attached hydrogens (tertiary/aromatic N) is 1. The molecule has 3 aromatic carbocycles. The number of hydrogen-bond acceptors (Lipinski definition) is 2. The first-order valence-corrected chi connectivity index (χ1v) is 10.4. The number of ether oxygens (including phenoxy) is 1. The summed E-state index contributed by atoms with van der Waals surface area (Å²) >= 11 is 0. The molecule has 0 amide bonds. The summed E-state index contributed by atoms with van der Waals surface area (Å²) in [7, 11) is 0. The molecule has 0 atom stereocenters. The third kappa shape index (κ3) is 3.70. The van der Waals surface area contributed by atoms with Crippen molar-refractivity contribution in [1.82, 2.24) is 0 Å². The molecule has 3 aromatic rings. The van der Waals surface area contributed by atoms with Gasteiger partial charge in [-0.25, -0.2) is 0 Å². The van der Waals surface area contributed by atoms with E-state index in [2.05, 4.69) is 84.2 Å². The Kier molecular flexibility index (Phi) is 4.91. The van der Waals surface area contributed by atoms with Crippen LogP contribution in [-0.4, -0.2) is 19.0 Å². The fraction of sp³-hybridized carbons (Fsp3) is 0.269. The van der Waals surface area contributed by atoms with E-state index < -0.39 is 0 Å². The van der Waals surface area contributed by atoms with Gasteiger partial charge >= 0.3 is 0 Å². The molecule has 146 valence electrons. The lowest BCUT2D eigenvalue weighted by Gasteiger charge is -2.42. The second-order valence-corrected chi connectivity index (χ2v) is 8.08. The molecule has 0 bridgehead atoms. The molecule has 2 heterocycles. The SMILES string of the molecule is c1ccc(-c2cccc(CN=C3Nc4ccccc4CC34CCOCC4)c2)cc1. The third-order valence-electron chi connectivity index (χ3n) is 6.21. The van der Waals surface area contributed by atoms with Crippen molar-refractivity contribution in [2.24, 2.45) is 10.4 Å². The van der Waals surface area contributed by atoms with Crippen LogP contribution in [0.5, 0.6) is 0 Å². The Balaban J connectivity index is 1.44. The van der Waals surface area contributed by atoms with Gasteiger partial charge in [0.05, 0.1) is 6.54 Å². The first-order chi connectivity index (χ1) is 14.3. The summed E-state index contributed by atoms with van der Waals surface area (Å²) in [5, 5.41) is 3.67. The van der Waals surface area contributed by atoms with E-state index in [-0.39, 0.29) is 5.41 Å². The number of hydrogen-bond donors (Lipinski definition) is 1. The first kappa shape index (κ1) is 18.1.